The number of hydrogen-bond donors (Lipinski definition) is 5. The molecule has 0 radical (unpaired) electrons. The quantitative estimate of drug-likeness (QED) is 0.195. The molecule has 0 spiro atoms. The van der Waals surface area contributed by atoms with E-state index in [9.17, 15) is 30.3 Å². The third-order valence-corrected chi connectivity index (χ3v) is 8.18. The fraction of sp³-hybridized carbons (Fsp3) is 0.406. The second kappa shape index (κ2) is 12.5. The van der Waals surface area contributed by atoms with Gasteiger partial charge in [0.05, 0.1) is 20.3 Å². The lowest BCUT2D eigenvalue weighted by Crippen LogP contribution is -2.36. The van der Waals surface area contributed by atoms with E-state index in [1.807, 2.05) is 6.07 Å². The average Bonchev–Trinajstić information content (AvgIpc) is 3.42. The van der Waals surface area contributed by atoms with Gasteiger partial charge in [-0.1, -0.05) is 31.0 Å². The smallest absolute Gasteiger partial charge is 0.200 e. The van der Waals surface area contributed by atoms with Crippen LogP contribution in [0, 0.1) is 5.92 Å². The molecular formula is C32H38O8. The Morgan fingerprint density at radius 3 is 2.27 bits per heavy atom. The maximum atomic E-state index is 14.1. The molecule has 0 aromatic heterocycles. The van der Waals surface area contributed by atoms with Crippen LogP contribution in [0.1, 0.15) is 55.2 Å². The molecule has 8 nitrogen and oxygen atoms in total. The molecule has 3 aromatic rings. The number of aliphatic hydroxyl groups excluding tert-OH is 1. The van der Waals surface area contributed by atoms with Gasteiger partial charge in [0.1, 0.15) is 11.5 Å². The molecule has 8 heteroatoms. The van der Waals surface area contributed by atoms with Gasteiger partial charge in [0.15, 0.2) is 23.0 Å². The largest absolute Gasteiger partial charge is 0.508 e. The Labute approximate surface area is 234 Å². The number of aryl methyl sites for hydroxylation is 1. The van der Waals surface area contributed by atoms with Gasteiger partial charge in [0.25, 0.3) is 0 Å². The van der Waals surface area contributed by atoms with Gasteiger partial charge in [-0.2, -0.15) is 0 Å². The minimum absolute atomic E-state index is 0.0301. The molecule has 0 bridgehead atoms. The second-order valence-corrected chi connectivity index (χ2v) is 10.8. The standard InChI is InChI=1S/C32H38O8/c1-39-29-16-20(9-11-26(29)35)8-10-25(34)24(15-21-6-5-7-23(33)14-21)28(37)19-32(12-3-4-13-32)22-17-27(36)31(38)30(18-22)40-2/h5-7,9,11,14,16-18,24-25,33-36,38H,3-4,8,10,12-13,15,19H2,1-2H3. The second-order valence-electron chi connectivity index (χ2n) is 10.8. The van der Waals surface area contributed by atoms with Crippen LogP contribution in [-0.2, 0) is 23.1 Å². The highest BCUT2D eigenvalue weighted by Crippen LogP contribution is 2.49. The molecule has 4 rings (SSSR count). The Morgan fingerprint density at radius 2 is 1.60 bits per heavy atom. The zero-order valence-corrected chi connectivity index (χ0v) is 23.0. The van der Waals surface area contributed by atoms with Crippen molar-refractivity contribution in [2.45, 2.75) is 62.9 Å². The first-order valence-electron chi connectivity index (χ1n) is 13.6. The van der Waals surface area contributed by atoms with Crippen molar-refractivity contribution in [2.24, 2.45) is 5.92 Å². The molecule has 1 saturated carbocycles. The zero-order chi connectivity index (χ0) is 28.9. The van der Waals surface area contributed by atoms with E-state index in [2.05, 4.69) is 0 Å². The summed E-state index contributed by atoms with van der Waals surface area (Å²) < 4.78 is 10.5. The number of ketones is 1. The molecule has 1 fully saturated rings. The third-order valence-electron chi connectivity index (χ3n) is 8.18. The summed E-state index contributed by atoms with van der Waals surface area (Å²) in [7, 11) is 2.88. The van der Waals surface area contributed by atoms with Gasteiger partial charge in [-0.25, -0.2) is 0 Å². The summed E-state index contributed by atoms with van der Waals surface area (Å²) >= 11 is 0. The molecule has 40 heavy (non-hydrogen) atoms. The van der Waals surface area contributed by atoms with E-state index in [-0.39, 0.29) is 47.4 Å². The highest BCUT2D eigenvalue weighted by molar-refractivity contribution is 5.83. The lowest BCUT2D eigenvalue weighted by Gasteiger charge is -2.32. The fourth-order valence-corrected chi connectivity index (χ4v) is 5.93. The van der Waals surface area contributed by atoms with Crippen LogP contribution in [0.25, 0.3) is 0 Å². The molecule has 1 aliphatic carbocycles. The van der Waals surface area contributed by atoms with Crippen molar-refractivity contribution < 1.29 is 39.8 Å². The predicted molar refractivity (Wildman–Crippen MR) is 150 cm³/mol. The van der Waals surface area contributed by atoms with Crippen LogP contribution in [0.5, 0.6) is 34.5 Å². The SMILES string of the molecule is COc1cc(CCC(O)C(Cc2cccc(O)c2)C(=O)CC2(c3cc(O)c(O)c(OC)c3)CCCC2)ccc1O. The number of rotatable bonds is 12. The van der Waals surface area contributed by atoms with E-state index < -0.39 is 17.4 Å². The van der Waals surface area contributed by atoms with Crippen molar-refractivity contribution in [1.29, 1.82) is 0 Å². The van der Waals surface area contributed by atoms with Crippen molar-refractivity contribution in [3.8, 4) is 34.5 Å². The molecule has 0 heterocycles. The molecule has 0 aliphatic heterocycles. The van der Waals surface area contributed by atoms with Gasteiger partial charge in [0, 0.05) is 17.8 Å². The fourth-order valence-electron chi connectivity index (χ4n) is 5.93. The van der Waals surface area contributed by atoms with Crippen LogP contribution in [0.15, 0.2) is 54.6 Å². The van der Waals surface area contributed by atoms with Crippen LogP contribution in [0.4, 0.5) is 0 Å². The summed E-state index contributed by atoms with van der Waals surface area (Å²) in [6.45, 7) is 0. The zero-order valence-electron chi connectivity index (χ0n) is 23.0. The van der Waals surface area contributed by atoms with Crippen molar-refractivity contribution in [2.75, 3.05) is 14.2 Å². The van der Waals surface area contributed by atoms with Gasteiger partial charge in [0.2, 0.25) is 5.75 Å². The first kappa shape index (κ1) is 29.1. The number of benzene rings is 3. The summed E-state index contributed by atoms with van der Waals surface area (Å²) in [6, 6.07) is 14.9. The summed E-state index contributed by atoms with van der Waals surface area (Å²) in [6.07, 6.45) is 3.53. The monoisotopic (exact) mass is 550 g/mol. The number of phenolic OH excluding ortho intramolecular Hbond substituents is 4. The van der Waals surface area contributed by atoms with E-state index in [4.69, 9.17) is 9.47 Å². The molecule has 1 aliphatic rings. The summed E-state index contributed by atoms with van der Waals surface area (Å²) in [5.74, 6) is -0.860. The van der Waals surface area contributed by atoms with E-state index in [1.165, 1.54) is 20.3 Å². The molecule has 5 N–H and O–H groups in total. The van der Waals surface area contributed by atoms with Crippen molar-refractivity contribution in [1.82, 2.24) is 0 Å². The number of aromatic hydroxyl groups is 4. The van der Waals surface area contributed by atoms with Crippen LogP contribution in [0.2, 0.25) is 0 Å². The Bertz CT molecular complexity index is 1330. The highest BCUT2D eigenvalue weighted by Gasteiger charge is 2.41. The number of Topliss-reactive ketones (excluding diaryl/α,β-unsaturated/α-hetero) is 1. The van der Waals surface area contributed by atoms with Crippen LogP contribution in [-0.4, -0.2) is 51.6 Å². The van der Waals surface area contributed by atoms with Gasteiger partial charge in [-0.3, -0.25) is 4.79 Å². The highest BCUT2D eigenvalue weighted by atomic mass is 16.5. The van der Waals surface area contributed by atoms with Gasteiger partial charge in [-0.05, 0) is 85.2 Å². The molecule has 0 saturated heterocycles. The number of carbonyl (C=O) groups is 1. The summed E-state index contributed by atoms with van der Waals surface area (Å²) in [5.41, 5.74) is 1.77. The van der Waals surface area contributed by atoms with Crippen LogP contribution >= 0.6 is 0 Å². The lowest BCUT2D eigenvalue weighted by molar-refractivity contribution is -0.127. The summed E-state index contributed by atoms with van der Waals surface area (Å²) in [5, 5.41) is 51.8. The van der Waals surface area contributed by atoms with Gasteiger partial charge < -0.3 is 35.0 Å². The van der Waals surface area contributed by atoms with Crippen molar-refractivity contribution >= 4 is 5.78 Å². The maximum absolute atomic E-state index is 14.1. The van der Waals surface area contributed by atoms with Gasteiger partial charge >= 0.3 is 0 Å². The Kier molecular flexibility index (Phi) is 9.10. The Balaban J connectivity index is 1.61. The Hall–Kier alpha value is -3.91. The lowest BCUT2D eigenvalue weighted by atomic mass is 9.71. The normalized spacial score (nSPS) is 15.9. The van der Waals surface area contributed by atoms with Gasteiger partial charge in [-0.15, -0.1) is 0 Å². The van der Waals surface area contributed by atoms with E-state index in [0.717, 1.165) is 42.4 Å². The number of hydrogen-bond acceptors (Lipinski definition) is 8. The number of phenols is 4. The van der Waals surface area contributed by atoms with Crippen LogP contribution in [0.3, 0.4) is 0 Å². The first-order valence-corrected chi connectivity index (χ1v) is 13.6. The molecule has 2 atom stereocenters. The Morgan fingerprint density at radius 1 is 0.875 bits per heavy atom. The average molecular weight is 551 g/mol. The van der Waals surface area contributed by atoms with Crippen molar-refractivity contribution in [3.63, 3.8) is 0 Å². The minimum Gasteiger partial charge on any atom is -0.508 e. The molecule has 0 amide bonds. The third kappa shape index (κ3) is 6.45. The number of ether oxygens (including phenoxy) is 2. The molecule has 3 aromatic carbocycles. The maximum Gasteiger partial charge on any atom is 0.200 e. The predicted octanol–water partition coefficient (Wildman–Crippen LogP) is 5.15. The van der Waals surface area contributed by atoms with Crippen molar-refractivity contribution in [3.05, 3.63) is 71.3 Å². The molecule has 2 unspecified atom stereocenters. The minimum atomic E-state index is -0.962. The van der Waals surface area contributed by atoms with E-state index in [1.54, 1.807) is 42.5 Å². The topological polar surface area (TPSA) is 137 Å². The first-order chi connectivity index (χ1) is 19.2. The summed E-state index contributed by atoms with van der Waals surface area (Å²) in [4.78, 5) is 14.1. The number of aliphatic hydroxyl groups is 1. The number of methoxy groups -OCH3 is 2. The number of carbonyl (C=O) groups excluding carboxylic acids is 1. The van der Waals surface area contributed by atoms with E-state index >= 15 is 0 Å². The van der Waals surface area contributed by atoms with Crippen LogP contribution < -0.4 is 9.47 Å². The molecular weight excluding hydrogens is 512 g/mol. The van der Waals surface area contributed by atoms with E-state index in [0.29, 0.717) is 18.6 Å². The molecule has 214 valence electrons.